The van der Waals surface area contributed by atoms with Crippen LogP contribution in [0.25, 0.3) is 0 Å². The van der Waals surface area contributed by atoms with Gasteiger partial charge in [0.2, 0.25) is 0 Å². The third kappa shape index (κ3) is 4.56. The van der Waals surface area contributed by atoms with E-state index in [1.165, 1.54) is 57.8 Å². The molecule has 0 nitrogen and oxygen atoms in total. The summed E-state index contributed by atoms with van der Waals surface area (Å²) < 4.78 is 56.0. The summed E-state index contributed by atoms with van der Waals surface area (Å²) in [5, 5.41) is 0. The van der Waals surface area contributed by atoms with Crippen LogP contribution < -0.4 is 0 Å². The largest absolute Gasteiger partial charge is 0.247 e. The second-order valence-electron chi connectivity index (χ2n) is 10.5. The first kappa shape index (κ1) is 21.0. The van der Waals surface area contributed by atoms with Crippen molar-refractivity contribution in [2.45, 2.75) is 115 Å². The minimum atomic E-state index is -2.01. The summed E-state index contributed by atoms with van der Waals surface area (Å²) >= 11 is 0. The summed E-state index contributed by atoms with van der Waals surface area (Å²) in [5.74, 6) is 2.33. The van der Waals surface area contributed by atoms with Gasteiger partial charge in [-0.1, -0.05) is 32.1 Å². The minimum absolute atomic E-state index is 0.00381. The van der Waals surface area contributed by atoms with Crippen LogP contribution in [-0.4, -0.2) is 24.7 Å². The smallest absolute Gasteiger partial charge is 0.162 e. The SMILES string of the molecule is FC1CC(C2CCC(C3CCC(C4CCCCC4)CC3)CC2F)CC(F)C1F. The number of hydrogen-bond donors (Lipinski definition) is 0. The maximum absolute atomic E-state index is 15.0. The van der Waals surface area contributed by atoms with Crippen molar-refractivity contribution in [3.05, 3.63) is 0 Å². The summed E-state index contributed by atoms with van der Waals surface area (Å²) in [6, 6.07) is 0. The molecule has 0 amide bonds. The topological polar surface area (TPSA) is 0 Å². The van der Waals surface area contributed by atoms with Crippen LogP contribution in [0, 0.1) is 35.5 Å². The standard InChI is InChI=1S/C24H38F4/c25-21-12-18(10-11-20(21)19-13-22(26)24(28)23(27)14-19)17-8-6-16(7-9-17)15-4-2-1-3-5-15/h15-24H,1-14H2. The Morgan fingerprint density at radius 3 is 1.43 bits per heavy atom. The maximum atomic E-state index is 15.0. The van der Waals surface area contributed by atoms with Crippen LogP contribution in [-0.2, 0) is 0 Å². The quantitative estimate of drug-likeness (QED) is 0.427. The number of alkyl halides is 4. The highest BCUT2D eigenvalue weighted by Crippen LogP contribution is 2.48. The van der Waals surface area contributed by atoms with E-state index in [4.69, 9.17) is 0 Å². The summed E-state index contributed by atoms with van der Waals surface area (Å²) in [6.07, 6.45) is 7.99. The molecule has 0 aromatic rings. The van der Waals surface area contributed by atoms with Crippen LogP contribution >= 0.6 is 0 Å². The van der Waals surface area contributed by atoms with E-state index in [0.717, 1.165) is 24.7 Å². The molecule has 0 spiro atoms. The molecule has 5 atom stereocenters. The van der Waals surface area contributed by atoms with E-state index in [2.05, 4.69) is 0 Å². The maximum Gasteiger partial charge on any atom is 0.162 e. The first-order chi connectivity index (χ1) is 13.5. The molecule has 0 heterocycles. The van der Waals surface area contributed by atoms with E-state index >= 15 is 4.39 Å². The Balaban J connectivity index is 1.25. The molecule has 0 aromatic carbocycles. The minimum Gasteiger partial charge on any atom is -0.247 e. The fourth-order valence-electron chi connectivity index (χ4n) is 7.33. The monoisotopic (exact) mass is 402 g/mol. The van der Waals surface area contributed by atoms with Gasteiger partial charge in [0.25, 0.3) is 0 Å². The van der Waals surface area contributed by atoms with E-state index in [0.29, 0.717) is 18.3 Å². The highest BCUT2D eigenvalue weighted by atomic mass is 19.2. The lowest BCUT2D eigenvalue weighted by Crippen LogP contribution is -2.43. The third-order valence-corrected chi connectivity index (χ3v) is 9.02. The predicted molar refractivity (Wildman–Crippen MR) is 105 cm³/mol. The van der Waals surface area contributed by atoms with E-state index in [-0.39, 0.29) is 24.7 Å². The number of rotatable bonds is 3. The first-order valence-electron chi connectivity index (χ1n) is 12.1. The highest BCUT2D eigenvalue weighted by molar-refractivity contribution is 4.95. The average Bonchev–Trinajstić information content (AvgIpc) is 2.72. The Morgan fingerprint density at radius 1 is 0.393 bits per heavy atom. The van der Waals surface area contributed by atoms with E-state index in [1.807, 2.05) is 0 Å². The lowest BCUT2D eigenvalue weighted by molar-refractivity contribution is -0.0292. The van der Waals surface area contributed by atoms with E-state index in [1.54, 1.807) is 0 Å². The molecule has 4 fully saturated rings. The second-order valence-corrected chi connectivity index (χ2v) is 10.5. The normalized spacial score (nSPS) is 49.1. The average molecular weight is 403 g/mol. The zero-order valence-corrected chi connectivity index (χ0v) is 17.2. The Labute approximate surface area is 168 Å². The van der Waals surface area contributed by atoms with E-state index in [9.17, 15) is 13.2 Å². The fraction of sp³-hybridized carbons (Fsp3) is 1.00. The van der Waals surface area contributed by atoms with Crippen molar-refractivity contribution in [2.24, 2.45) is 35.5 Å². The molecule has 4 aliphatic carbocycles. The van der Waals surface area contributed by atoms with Crippen molar-refractivity contribution in [1.82, 2.24) is 0 Å². The van der Waals surface area contributed by atoms with Crippen LogP contribution in [0.15, 0.2) is 0 Å². The van der Waals surface area contributed by atoms with Crippen LogP contribution in [0.3, 0.4) is 0 Å². The second kappa shape index (κ2) is 9.25. The Hall–Kier alpha value is -0.280. The van der Waals surface area contributed by atoms with Crippen LogP contribution in [0.1, 0.15) is 89.9 Å². The van der Waals surface area contributed by atoms with Gasteiger partial charge in [-0.2, -0.15) is 0 Å². The molecule has 0 bridgehead atoms. The van der Waals surface area contributed by atoms with Crippen LogP contribution in [0.4, 0.5) is 17.6 Å². The Morgan fingerprint density at radius 2 is 0.857 bits per heavy atom. The van der Waals surface area contributed by atoms with Gasteiger partial charge in [0.1, 0.15) is 18.5 Å². The Bertz CT molecular complexity index is 471. The zero-order valence-electron chi connectivity index (χ0n) is 17.2. The molecule has 5 unspecified atom stereocenters. The molecule has 0 aliphatic heterocycles. The molecule has 4 saturated carbocycles. The van der Waals surface area contributed by atoms with Gasteiger partial charge >= 0.3 is 0 Å². The molecule has 28 heavy (non-hydrogen) atoms. The predicted octanol–water partition coefficient (Wildman–Crippen LogP) is 7.55. The molecule has 0 radical (unpaired) electrons. The molecule has 162 valence electrons. The Kier molecular flexibility index (Phi) is 6.93. The number of hydrogen-bond acceptors (Lipinski definition) is 0. The highest BCUT2D eigenvalue weighted by Gasteiger charge is 2.46. The summed E-state index contributed by atoms with van der Waals surface area (Å²) in [6.45, 7) is 0. The zero-order chi connectivity index (χ0) is 19.7. The molecule has 0 aromatic heterocycles. The first-order valence-corrected chi connectivity index (χ1v) is 12.1. The lowest BCUT2D eigenvalue weighted by atomic mass is 9.63. The van der Waals surface area contributed by atoms with Gasteiger partial charge < -0.3 is 0 Å². The number of halogens is 4. The van der Waals surface area contributed by atoms with Crippen LogP contribution in [0.5, 0.6) is 0 Å². The van der Waals surface area contributed by atoms with Crippen molar-refractivity contribution in [3.63, 3.8) is 0 Å². The van der Waals surface area contributed by atoms with Crippen molar-refractivity contribution in [3.8, 4) is 0 Å². The lowest BCUT2D eigenvalue weighted by Gasteiger charge is -2.44. The van der Waals surface area contributed by atoms with Gasteiger partial charge in [0.15, 0.2) is 6.17 Å². The van der Waals surface area contributed by atoms with Gasteiger partial charge in [0.05, 0.1) is 0 Å². The third-order valence-electron chi connectivity index (χ3n) is 9.02. The molecule has 0 N–H and O–H groups in total. The van der Waals surface area contributed by atoms with Gasteiger partial charge in [-0.05, 0) is 93.3 Å². The summed E-state index contributed by atoms with van der Waals surface area (Å²) in [4.78, 5) is 0. The van der Waals surface area contributed by atoms with Crippen molar-refractivity contribution < 1.29 is 17.6 Å². The van der Waals surface area contributed by atoms with Gasteiger partial charge in [0, 0.05) is 0 Å². The van der Waals surface area contributed by atoms with Gasteiger partial charge in [-0.15, -0.1) is 0 Å². The van der Waals surface area contributed by atoms with Crippen molar-refractivity contribution in [2.75, 3.05) is 0 Å². The molecular formula is C24H38F4. The van der Waals surface area contributed by atoms with Gasteiger partial charge in [-0.25, -0.2) is 17.6 Å². The molecule has 4 heteroatoms. The summed E-state index contributed by atoms with van der Waals surface area (Å²) in [7, 11) is 0. The van der Waals surface area contributed by atoms with Crippen LogP contribution in [0.2, 0.25) is 0 Å². The molecule has 4 rings (SSSR count). The van der Waals surface area contributed by atoms with Crippen molar-refractivity contribution >= 4 is 0 Å². The van der Waals surface area contributed by atoms with Gasteiger partial charge in [-0.3, -0.25) is 0 Å². The van der Waals surface area contributed by atoms with E-state index < -0.39 is 24.7 Å². The van der Waals surface area contributed by atoms with Crippen molar-refractivity contribution in [1.29, 1.82) is 0 Å². The molecule has 4 aliphatic rings. The summed E-state index contributed by atoms with van der Waals surface area (Å²) in [5.41, 5.74) is 0. The molecular weight excluding hydrogens is 364 g/mol. The fourth-order valence-corrected chi connectivity index (χ4v) is 7.33. The molecule has 0 saturated heterocycles.